The standard InChI is InChI=1S/C11H13F3N2O2/c12-11(13,14)9-3-1-8(2-4-9)7-15-6-5-10(17)16-18/h1-4,15,18H,5-7H2,(H,16,17). The Hall–Kier alpha value is -1.60. The number of halogens is 3. The van der Waals surface area contributed by atoms with Gasteiger partial charge >= 0.3 is 6.18 Å². The number of benzene rings is 1. The van der Waals surface area contributed by atoms with Gasteiger partial charge in [-0.05, 0) is 17.7 Å². The maximum atomic E-state index is 12.3. The van der Waals surface area contributed by atoms with E-state index >= 15 is 0 Å². The van der Waals surface area contributed by atoms with Gasteiger partial charge in [0.15, 0.2) is 0 Å². The molecule has 100 valence electrons. The second-order valence-electron chi connectivity index (χ2n) is 3.66. The highest BCUT2D eigenvalue weighted by Gasteiger charge is 2.29. The Balaban J connectivity index is 2.38. The highest BCUT2D eigenvalue weighted by molar-refractivity contribution is 5.74. The van der Waals surface area contributed by atoms with Crippen molar-refractivity contribution in [2.45, 2.75) is 19.1 Å². The predicted molar refractivity (Wildman–Crippen MR) is 57.7 cm³/mol. The normalized spacial score (nSPS) is 11.3. The van der Waals surface area contributed by atoms with Crippen molar-refractivity contribution in [3.05, 3.63) is 35.4 Å². The summed E-state index contributed by atoms with van der Waals surface area (Å²) >= 11 is 0. The summed E-state index contributed by atoms with van der Waals surface area (Å²) in [5.41, 5.74) is 1.48. The van der Waals surface area contributed by atoms with Crippen LogP contribution in [0.3, 0.4) is 0 Å². The molecule has 7 heteroatoms. The van der Waals surface area contributed by atoms with Crippen LogP contribution in [0, 0.1) is 0 Å². The molecule has 1 rings (SSSR count). The van der Waals surface area contributed by atoms with Crippen molar-refractivity contribution >= 4 is 5.91 Å². The third kappa shape index (κ3) is 4.72. The minimum atomic E-state index is -4.33. The van der Waals surface area contributed by atoms with Crippen molar-refractivity contribution in [1.29, 1.82) is 0 Å². The van der Waals surface area contributed by atoms with Crippen LogP contribution >= 0.6 is 0 Å². The summed E-state index contributed by atoms with van der Waals surface area (Å²) in [4.78, 5) is 10.7. The summed E-state index contributed by atoms with van der Waals surface area (Å²) in [5, 5.41) is 11.1. The maximum Gasteiger partial charge on any atom is 0.416 e. The van der Waals surface area contributed by atoms with Gasteiger partial charge in [0.25, 0.3) is 0 Å². The molecular weight excluding hydrogens is 249 g/mol. The average Bonchev–Trinajstić information content (AvgIpc) is 2.33. The van der Waals surface area contributed by atoms with Gasteiger partial charge in [0.1, 0.15) is 0 Å². The van der Waals surface area contributed by atoms with E-state index in [1.807, 2.05) is 0 Å². The van der Waals surface area contributed by atoms with Gasteiger partial charge in [0.2, 0.25) is 5.91 Å². The Morgan fingerprint density at radius 2 is 1.83 bits per heavy atom. The largest absolute Gasteiger partial charge is 0.416 e. The highest BCUT2D eigenvalue weighted by atomic mass is 19.4. The fourth-order valence-electron chi connectivity index (χ4n) is 1.30. The molecule has 1 amide bonds. The third-order valence-electron chi connectivity index (χ3n) is 2.26. The van der Waals surface area contributed by atoms with E-state index in [1.54, 1.807) is 0 Å². The Labute approximate surface area is 102 Å². The van der Waals surface area contributed by atoms with Gasteiger partial charge in [-0.2, -0.15) is 13.2 Å². The molecule has 4 nitrogen and oxygen atoms in total. The molecule has 18 heavy (non-hydrogen) atoms. The first-order valence-electron chi connectivity index (χ1n) is 5.23. The molecule has 0 unspecified atom stereocenters. The summed E-state index contributed by atoms with van der Waals surface area (Å²) in [6, 6.07) is 4.78. The maximum absolute atomic E-state index is 12.3. The van der Waals surface area contributed by atoms with Crippen LogP contribution in [-0.2, 0) is 17.5 Å². The summed E-state index contributed by atoms with van der Waals surface area (Å²) in [5.74, 6) is -0.519. The minimum absolute atomic E-state index is 0.0944. The smallest absolute Gasteiger partial charge is 0.312 e. The third-order valence-corrected chi connectivity index (χ3v) is 2.26. The molecule has 0 aliphatic rings. The van der Waals surface area contributed by atoms with Crippen LogP contribution in [0.15, 0.2) is 24.3 Å². The quantitative estimate of drug-likeness (QED) is 0.430. The molecule has 0 spiro atoms. The Morgan fingerprint density at radius 3 is 2.33 bits per heavy atom. The van der Waals surface area contributed by atoms with Crippen molar-refractivity contribution in [1.82, 2.24) is 10.8 Å². The Bertz CT molecular complexity index is 390. The summed E-state index contributed by atoms with van der Waals surface area (Å²) < 4.78 is 36.8. The summed E-state index contributed by atoms with van der Waals surface area (Å²) in [6.07, 6.45) is -4.23. The van der Waals surface area contributed by atoms with Gasteiger partial charge in [-0.15, -0.1) is 0 Å². The molecule has 0 saturated carbocycles. The average molecular weight is 262 g/mol. The monoisotopic (exact) mass is 262 g/mol. The molecule has 0 aliphatic heterocycles. The summed E-state index contributed by atoms with van der Waals surface area (Å²) in [6.45, 7) is 0.685. The van der Waals surface area contributed by atoms with E-state index in [-0.39, 0.29) is 6.42 Å². The number of nitrogens with one attached hydrogen (secondary N) is 2. The van der Waals surface area contributed by atoms with Crippen molar-refractivity contribution < 1.29 is 23.2 Å². The predicted octanol–water partition coefficient (Wildman–Crippen LogP) is 1.69. The lowest BCUT2D eigenvalue weighted by Crippen LogP contribution is -2.24. The van der Waals surface area contributed by atoms with Crippen LogP contribution in [0.4, 0.5) is 13.2 Å². The molecule has 1 aromatic rings. The van der Waals surface area contributed by atoms with Crippen molar-refractivity contribution in [2.24, 2.45) is 0 Å². The number of hydrogen-bond acceptors (Lipinski definition) is 3. The van der Waals surface area contributed by atoms with E-state index in [4.69, 9.17) is 5.21 Å². The number of hydroxylamine groups is 1. The fraction of sp³-hybridized carbons (Fsp3) is 0.364. The van der Waals surface area contributed by atoms with Gasteiger partial charge < -0.3 is 5.32 Å². The number of rotatable bonds is 5. The van der Waals surface area contributed by atoms with E-state index in [2.05, 4.69) is 5.32 Å². The van der Waals surface area contributed by atoms with Crippen LogP contribution in [0.1, 0.15) is 17.5 Å². The molecule has 0 aliphatic carbocycles. The SMILES string of the molecule is O=C(CCNCc1ccc(C(F)(F)F)cc1)NO. The van der Waals surface area contributed by atoms with Crippen LogP contribution < -0.4 is 10.8 Å². The first-order valence-corrected chi connectivity index (χ1v) is 5.23. The first-order chi connectivity index (χ1) is 8.43. The molecule has 0 radical (unpaired) electrons. The second-order valence-corrected chi connectivity index (χ2v) is 3.66. The van der Waals surface area contributed by atoms with Crippen molar-refractivity contribution in [3.63, 3.8) is 0 Å². The van der Waals surface area contributed by atoms with Gasteiger partial charge in [-0.3, -0.25) is 10.0 Å². The van der Waals surface area contributed by atoms with E-state index in [9.17, 15) is 18.0 Å². The fourth-order valence-corrected chi connectivity index (χ4v) is 1.30. The van der Waals surface area contributed by atoms with E-state index in [0.29, 0.717) is 18.7 Å². The second kappa shape index (κ2) is 6.36. The topological polar surface area (TPSA) is 61.4 Å². The zero-order valence-corrected chi connectivity index (χ0v) is 9.42. The van der Waals surface area contributed by atoms with Gasteiger partial charge in [0, 0.05) is 19.5 Å². The minimum Gasteiger partial charge on any atom is -0.312 e. The van der Waals surface area contributed by atoms with Crippen molar-refractivity contribution in [3.8, 4) is 0 Å². The first kappa shape index (κ1) is 14.5. The molecule has 0 heterocycles. The molecule has 1 aromatic carbocycles. The zero-order valence-electron chi connectivity index (χ0n) is 9.42. The van der Waals surface area contributed by atoms with Crippen LogP contribution in [0.2, 0.25) is 0 Å². The van der Waals surface area contributed by atoms with E-state index in [1.165, 1.54) is 17.6 Å². The van der Waals surface area contributed by atoms with E-state index in [0.717, 1.165) is 12.1 Å². The number of carbonyl (C=O) groups excluding carboxylic acids is 1. The molecule has 0 saturated heterocycles. The van der Waals surface area contributed by atoms with Gasteiger partial charge in [0.05, 0.1) is 5.56 Å². The molecule has 0 atom stereocenters. The van der Waals surface area contributed by atoms with Crippen molar-refractivity contribution in [2.75, 3.05) is 6.54 Å². The molecule has 3 N–H and O–H groups in total. The molecule has 0 bridgehead atoms. The summed E-state index contributed by atoms with van der Waals surface area (Å²) in [7, 11) is 0. The van der Waals surface area contributed by atoms with Gasteiger partial charge in [-0.25, -0.2) is 5.48 Å². The van der Waals surface area contributed by atoms with Crippen LogP contribution in [0.5, 0.6) is 0 Å². The molecular formula is C11H13F3N2O2. The zero-order chi connectivity index (χ0) is 13.6. The lowest BCUT2D eigenvalue weighted by atomic mass is 10.1. The number of carbonyl (C=O) groups is 1. The Morgan fingerprint density at radius 1 is 1.22 bits per heavy atom. The van der Waals surface area contributed by atoms with E-state index < -0.39 is 17.6 Å². The number of amides is 1. The lowest BCUT2D eigenvalue weighted by molar-refractivity contribution is -0.137. The van der Waals surface area contributed by atoms with Gasteiger partial charge in [-0.1, -0.05) is 12.1 Å². The lowest BCUT2D eigenvalue weighted by Gasteiger charge is -2.08. The highest BCUT2D eigenvalue weighted by Crippen LogP contribution is 2.28. The number of alkyl halides is 3. The molecule has 0 fully saturated rings. The number of hydrogen-bond donors (Lipinski definition) is 3. The molecule has 0 aromatic heterocycles. The van der Waals surface area contributed by atoms with Crippen LogP contribution in [-0.4, -0.2) is 17.7 Å². The Kier molecular flexibility index (Phi) is 5.11. The van der Waals surface area contributed by atoms with Crippen LogP contribution in [0.25, 0.3) is 0 Å².